The third-order valence-electron chi connectivity index (χ3n) is 13.6. The fraction of sp³-hybridized carbons (Fsp3) is 0.143. The number of oxazole rings is 1. The number of para-hydroxylation sites is 5. The van der Waals surface area contributed by atoms with Crippen LogP contribution in [0.3, 0.4) is 0 Å². The number of pyridine rings is 2. The molecule has 0 aliphatic rings. The van der Waals surface area contributed by atoms with E-state index in [0.29, 0.717) is 0 Å². The zero-order valence-corrected chi connectivity index (χ0v) is 75.2. The van der Waals surface area contributed by atoms with Crippen molar-refractivity contribution >= 4 is 121 Å². The van der Waals surface area contributed by atoms with Crippen LogP contribution in [0.4, 0.5) is 0 Å². The van der Waals surface area contributed by atoms with Crippen molar-refractivity contribution in [3.05, 3.63) is 523 Å². The van der Waals surface area contributed by atoms with Crippen molar-refractivity contribution in [1.82, 2.24) is 129 Å². The van der Waals surface area contributed by atoms with E-state index < -0.39 is 0 Å². The van der Waals surface area contributed by atoms with E-state index in [1.807, 2.05) is 186 Å². The predicted molar refractivity (Wildman–Crippen MR) is 637 cm³/mol. The molecule has 0 aliphatic carbocycles. The van der Waals surface area contributed by atoms with Crippen molar-refractivity contribution in [1.29, 1.82) is 0 Å². The maximum atomic E-state index is 4.58. The molecule has 0 aliphatic heterocycles. The number of aromatic nitrogens is 26. The van der Waals surface area contributed by atoms with E-state index in [2.05, 4.69) is 220 Å². The Morgan fingerprint density at radius 2 is 0.721 bits per heavy atom. The SMILES string of the molecule is C.C.C.C.C.C.C.C.C.C.C.C.C.C.C.C.c1c[nH]cn1.c1c[nH]cn1.c1cc2sccc2s1.c1cc[nH]c1.c1ccc2[nH]ccc2c1.c1ccc2[nH]cnc2c1.c1ccc2nccnc2c1.c1ccc2sccc2c1.c1ccncc1.c1ccncc1.c1ccoc1.c1ccsc1.c1cn[nH]c1.c1cnccn1.c1cnccn1.c1cncnc1.c1cncnc1.c1cnoc1.c1cnsc1.c1cocn1.c1cscn1. The molecule has 35 heteroatoms. The number of furan rings is 1. The Morgan fingerprint density at radius 3 is 1.01 bits per heavy atom. The first kappa shape index (κ1) is 153. The molecule has 0 spiro atoms. The van der Waals surface area contributed by atoms with E-state index in [4.69, 9.17) is 0 Å². The lowest BCUT2D eigenvalue weighted by atomic mass is 10.3. The fourth-order valence-corrected chi connectivity index (χ4v) is 11.9. The van der Waals surface area contributed by atoms with Gasteiger partial charge in [-0.2, -0.15) is 16.4 Å². The summed E-state index contributed by atoms with van der Waals surface area (Å²) >= 11 is 10.2. The summed E-state index contributed by atoms with van der Waals surface area (Å²) < 4.78 is 21.3. The Morgan fingerprint density at radius 1 is 0.231 bits per heavy atom. The van der Waals surface area contributed by atoms with Gasteiger partial charge in [0.2, 0.25) is 0 Å². The van der Waals surface area contributed by atoms with E-state index in [0.717, 1.165) is 22.1 Å². The molecule has 0 saturated carbocycles. The average Bonchev–Trinajstić information content (AvgIpc) is 1.82. The van der Waals surface area contributed by atoms with Crippen molar-refractivity contribution in [3.8, 4) is 0 Å². The molecule has 0 fully saturated rings. The van der Waals surface area contributed by atoms with E-state index in [-0.39, 0.29) is 119 Å². The van der Waals surface area contributed by atoms with Gasteiger partial charge in [-0.1, -0.05) is 209 Å². The maximum absolute atomic E-state index is 4.58. The number of nitrogens with zero attached hydrogens (tertiary/aromatic N) is 20. The van der Waals surface area contributed by atoms with Crippen LogP contribution in [-0.2, 0) is 0 Å². The molecular formula is C112H156N26O3S6. The number of H-pyrrole nitrogens is 6. The van der Waals surface area contributed by atoms with Gasteiger partial charge in [-0.15, -0.1) is 45.3 Å². The molecule has 26 aromatic rings. The van der Waals surface area contributed by atoms with Gasteiger partial charge in [0.05, 0.1) is 71.5 Å². The number of nitrogens with one attached hydrogen (secondary N) is 6. The second kappa shape index (κ2) is 118. The van der Waals surface area contributed by atoms with Crippen molar-refractivity contribution in [2.45, 2.75) is 119 Å². The molecule has 26 rings (SSSR count). The second-order valence-corrected chi connectivity index (χ2v) is 27.8. The predicted octanol–water partition coefficient (Wildman–Crippen LogP) is 34.4. The summed E-state index contributed by atoms with van der Waals surface area (Å²) in [5.74, 6) is 0. The summed E-state index contributed by atoms with van der Waals surface area (Å²) in [5, 5.41) is 26.5. The lowest BCUT2D eigenvalue weighted by Crippen LogP contribution is -1.78. The number of rotatable bonds is 0. The number of imidazole rings is 3. The standard InChI is InChI=1S/C8H6N2.C8H7N.C8H6S.C7H6N2.C6H4S2.2C5H5N.4C4H4N2.C4H5N.C4H4O.C4H4S.3C3H4N2.2C3H3NO.2C3H3NS.16CH4/c1-2-4-8-7(3-1)9-5-6-10-8;2*1-2-4-8-7(3-1)5-6-9-8;1-2-4-7-6(3-1)8-5-9-7;1-3-7-6-2-4-8-5(1)6;2*1-2-4-6-5-3-1;2*1-2-6-4-3-5-1;2*1-2-5-4-6-3-1;3*1-2-4-5-3-1;2*1-2-5-3-4-1;1-2-4-5-3-1;1-2-5-3-4-1;1-2-4-5-3-1;1-2-5-3-4-1;1-2-4-5-3-1;;;;;;;;;;;;;;;;/h1-6H;1-6,9H;1-6H;1-5H,(H,8,9);1-4H;2*1-5H;4*1-4H;1-5H;2*1-4H;3*1-3H,(H,4,5);4*1-3H;16*1H4. The van der Waals surface area contributed by atoms with Crippen LogP contribution in [-0.4, -0.2) is 129 Å². The van der Waals surface area contributed by atoms with E-state index in [1.54, 1.807) is 285 Å². The van der Waals surface area contributed by atoms with Crippen LogP contribution in [0.1, 0.15) is 119 Å². The van der Waals surface area contributed by atoms with Gasteiger partial charge < -0.3 is 38.3 Å². The zero-order chi connectivity index (χ0) is 91.3. The van der Waals surface area contributed by atoms with Gasteiger partial charge in [0.25, 0.3) is 0 Å². The summed E-state index contributed by atoms with van der Waals surface area (Å²) in [7, 11) is 0. The van der Waals surface area contributed by atoms with Crippen molar-refractivity contribution in [3.63, 3.8) is 0 Å². The summed E-state index contributed by atoms with van der Waals surface area (Å²) in [6.45, 7) is 0. The van der Waals surface area contributed by atoms with Crippen molar-refractivity contribution in [2.75, 3.05) is 0 Å². The number of fused-ring (bicyclic) bond motifs is 5. The largest absolute Gasteiger partial charge is 0.473 e. The zero-order valence-electron chi connectivity index (χ0n) is 70.3. The third kappa shape index (κ3) is 87.8. The number of thiazole rings is 1. The summed E-state index contributed by atoms with van der Waals surface area (Å²) in [4.78, 5) is 78.6. The van der Waals surface area contributed by atoms with Crippen molar-refractivity contribution < 1.29 is 13.4 Å². The molecule has 6 N–H and O–H groups in total. The number of hydrogen-bond acceptors (Lipinski definition) is 29. The van der Waals surface area contributed by atoms with Crippen LogP contribution in [0.5, 0.6) is 0 Å². The maximum Gasteiger partial charge on any atom is 0.180 e. The number of hydrogen-bond donors (Lipinski definition) is 6. The quantitative estimate of drug-likeness (QED) is 0.0821. The second-order valence-electron chi connectivity index (χ2n) is 22.7. The van der Waals surface area contributed by atoms with Gasteiger partial charge in [0.15, 0.2) is 6.39 Å². The Kier molecular flexibility index (Phi) is 122. The number of benzene rings is 4. The molecular weight excluding hydrogens is 1950 g/mol. The Labute approximate surface area is 898 Å². The van der Waals surface area contributed by atoms with Gasteiger partial charge in [-0.3, -0.25) is 50.0 Å². The normalized spacial score (nSPS) is 7.81. The topological polar surface area (TPSA) is 392 Å². The lowest BCUT2D eigenvalue weighted by molar-refractivity contribution is 0.420. The molecule has 147 heavy (non-hydrogen) atoms. The van der Waals surface area contributed by atoms with Gasteiger partial charge in [0.1, 0.15) is 25.2 Å². The minimum Gasteiger partial charge on any atom is -0.473 e. The average molecular weight is 2110 g/mol. The molecule has 4 aromatic carbocycles. The third-order valence-corrected chi connectivity index (χ3v) is 18.1. The minimum absolute atomic E-state index is 0. The smallest absolute Gasteiger partial charge is 0.180 e. The molecule has 0 saturated heterocycles. The highest BCUT2D eigenvalue weighted by molar-refractivity contribution is 7.25. The van der Waals surface area contributed by atoms with E-state index in [1.165, 1.54) is 73.5 Å². The lowest BCUT2D eigenvalue weighted by Gasteiger charge is -1.90. The molecule has 0 bridgehead atoms. The van der Waals surface area contributed by atoms with Crippen molar-refractivity contribution in [2.24, 2.45) is 0 Å². The van der Waals surface area contributed by atoms with Crippen LogP contribution < -0.4 is 0 Å². The number of aromatic amines is 6. The van der Waals surface area contributed by atoms with Crippen LogP contribution in [0, 0.1) is 0 Å². The molecule has 0 radical (unpaired) electrons. The van der Waals surface area contributed by atoms with Crippen LogP contribution in [0.2, 0.25) is 0 Å². The molecule has 22 heterocycles. The monoisotopic (exact) mass is 2110 g/mol. The molecule has 0 unspecified atom stereocenters. The van der Waals surface area contributed by atoms with Gasteiger partial charge in [-0.25, -0.2) is 44.2 Å². The highest BCUT2D eigenvalue weighted by atomic mass is 32.1. The Hall–Kier alpha value is -17.0. The summed E-state index contributed by atoms with van der Waals surface area (Å²) in [5.41, 5.74) is 7.02. The van der Waals surface area contributed by atoms with Gasteiger partial charge in [-0.05, 0) is 189 Å². The first-order chi connectivity index (χ1) is 65.3. The van der Waals surface area contributed by atoms with Gasteiger partial charge in [0, 0.05) is 210 Å². The van der Waals surface area contributed by atoms with Crippen LogP contribution in [0.25, 0.3) is 52.5 Å². The molecule has 0 atom stereocenters. The van der Waals surface area contributed by atoms with E-state index in [9.17, 15) is 0 Å². The summed E-state index contributed by atoms with van der Waals surface area (Å²) in [6.07, 6.45) is 68.6. The first-order valence-electron chi connectivity index (χ1n) is 38.9. The highest BCUT2D eigenvalue weighted by Gasteiger charge is 1.93. The first-order valence-corrected chi connectivity index (χ1v) is 44.2. The molecule has 29 nitrogen and oxygen atoms in total. The summed E-state index contributed by atoms with van der Waals surface area (Å²) in [6, 6.07) is 72.9. The minimum atomic E-state index is 0. The fourth-order valence-electron chi connectivity index (χ4n) is 8.11. The molecule has 0 amide bonds. The Balaban J connectivity index is -0.000000147. The van der Waals surface area contributed by atoms with E-state index >= 15 is 0 Å². The molecule has 22 aromatic heterocycles. The molecule has 788 valence electrons. The van der Waals surface area contributed by atoms with Gasteiger partial charge >= 0.3 is 0 Å². The Bertz CT molecular complexity index is 4960. The number of thiophene rings is 4. The van der Waals surface area contributed by atoms with Crippen LogP contribution in [0.15, 0.2) is 536 Å². The highest BCUT2D eigenvalue weighted by Crippen LogP contribution is 2.25. The van der Waals surface area contributed by atoms with Crippen LogP contribution >= 0.6 is 68.2 Å².